The van der Waals surface area contributed by atoms with Crippen molar-refractivity contribution >= 4 is 0 Å². The van der Waals surface area contributed by atoms with Gasteiger partial charge in [-0.25, -0.2) is 0 Å². The molecule has 3 heteroatoms. The van der Waals surface area contributed by atoms with Crippen LogP contribution >= 0.6 is 0 Å². The molecule has 0 aromatic rings. The van der Waals surface area contributed by atoms with Crippen LogP contribution < -0.4 is 0 Å². The fraction of sp³-hybridized carbons (Fsp3) is 0.714. The van der Waals surface area contributed by atoms with Gasteiger partial charge in [-0.2, -0.15) is 0 Å². The van der Waals surface area contributed by atoms with E-state index in [1.54, 1.807) is 14.0 Å². The Labute approximate surface area is 61.3 Å². The molecule has 60 valence electrons. The van der Waals surface area contributed by atoms with E-state index in [1.807, 2.05) is 0 Å². The normalized spacial score (nSPS) is 13.1. The fourth-order valence-corrected chi connectivity index (χ4v) is 0.385. The first-order chi connectivity index (χ1) is 4.68. The fourth-order valence-electron chi connectivity index (χ4n) is 0.385. The second-order valence-electron chi connectivity index (χ2n) is 2.06. The van der Waals surface area contributed by atoms with Gasteiger partial charge >= 0.3 is 0 Å². The van der Waals surface area contributed by atoms with Crippen molar-refractivity contribution in [2.75, 3.05) is 20.3 Å². The third kappa shape index (κ3) is 4.49. The lowest BCUT2D eigenvalue weighted by Crippen LogP contribution is -2.15. The number of hydrogen-bond donors (Lipinski definition) is 1. The van der Waals surface area contributed by atoms with Crippen molar-refractivity contribution in [3.8, 4) is 0 Å². The van der Waals surface area contributed by atoms with E-state index in [4.69, 9.17) is 14.6 Å². The molecule has 0 aliphatic heterocycles. The summed E-state index contributed by atoms with van der Waals surface area (Å²) in [5.41, 5.74) is 0.608. The van der Waals surface area contributed by atoms with Crippen LogP contribution in [0.4, 0.5) is 0 Å². The Bertz CT molecular complexity index is 101. The van der Waals surface area contributed by atoms with Crippen LogP contribution in [-0.2, 0) is 9.47 Å². The van der Waals surface area contributed by atoms with Crippen LogP contribution in [0, 0.1) is 0 Å². The van der Waals surface area contributed by atoms with Crippen LogP contribution in [-0.4, -0.2) is 31.7 Å². The van der Waals surface area contributed by atoms with Crippen LogP contribution in [0.1, 0.15) is 6.92 Å². The van der Waals surface area contributed by atoms with Crippen molar-refractivity contribution in [3.63, 3.8) is 0 Å². The van der Waals surface area contributed by atoms with Gasteiger partial charge in [0.1, 0.15) is 0 Å². The Balaban J connectivity index is 3.21. The molecule has 1 unspecified atom stereocenters. The number of rotatable bonds is 5. The molecular formula is C7H14O3. The van der Waals surface area contributed by atoms with E-state index in [2.05, 4.69) is 6.58 Å². The van der Waals surface area contributed by atoms with Gasteiger partial charge < -0.3 is 14.6 Å². The number of ether oxygens (including phenoxy) is 2. The number of aliphatic hydroxyl groups is 1. The van der Waals surface area contributed by atoms with Gasteiger partial charge in [0, 0.05) is 7.11 Å². The molecule has 0 aliphatic rings. The lowest BCUT2D eigenvalue weighted by atomic mass is 10.3. The largest absolute Gasteiger partial charge is 0.382 e. The summed E-state index contributed by atoms with van der Waals surface area (Å²) in [4.78, 5) is 0. The molecule has 0 spiro atoms. The standard InChI is InChI=1S/C7H14O3/c1-6(2)7(8)10-5-4-9-3/h7-8H,1,4-5H2,2-3H3. The second kappa shape index (κ2) is 5.41. The van der Waals surface area contributed by atoms with Gasteiger partial charge in [-0.05, 0) is 12.5 Å². The SMILES string of the molecule is C=C(C)C(O)OCCOC. The van der Waals surface area contributed by atoms with Crippen LogP contribution in [0.25, 0.3) is 0 Å². The van der Waals surface area contributed by atoms with Crippen molar-refractivity contribution in [2.45, 2.75) is 13.2 Å². The monoisotopic (exact) mass is 146 g/mol. The second-order valence-corrected chi connectivity index (χ2v) is 2.06. The average Bonchev–Trinajstić information content (AvgIpc) is 1.88. The van der Waals surface area contributed by atoms with Gasteiger partial charge in [0.15, 0.2) is 6.29 Å². The molecule has 1 atom stereocenters. The molecule has 0 radical (unpaired) electrons. The third-order valence-electron chi connectivity index (χ3n) is 0.985. The summed E-state index contributed by atoms with van der Waals surface area (Å²) in [5.74, 6) is 0. The molecule has 0 saturated heterocycles. The molecule has 0 rings (SSSR count). The zero-order valence-electron chi connectivity index (χ0n) is 6.46. The Morgan fingerprint density at radius 3 is 2.60 bits per heavy atom. The van der Waals surface area contributed by atoms with Crippen molar-refractivity contribution < 1.29 is 14.6 Å². The van der Waals surface area contributed by atoms with Gasteiger partial charge in [0.2, 0.25) is 0 Å². The molecule has 0 heterocycles. The molecule has 3 nitrogen and oxygen atoms in total. The molecule has 1 N–H and O–H groups in total. The van der Waals surface area contributed by atoms with E-state index >= 15 is 0 Å². The molecule has 0 saturated carbocycles. The van der Waals surface area contributed by atoms with E-state index in [-0.39, 0.29) is 0 Å². The van der Waals surface area contributed by atoms with Crippen molar-refractivity contribution in [3.05, 3.63) is 12.2 Å². The summed E-state index contributed by atoms with van der Waals surface area (Å²) in [6.45, 7) is 6.11. The van der Waals surface area contributed by atoms with E-state index in [0.717, 1.165) is 0 Å². The Kier molecular flexibility index (Phi) is 5.20. The predicted molar refractivity (Wildman–Crippen MR) is 38.6 cm³/mol. The minimum atomic E-state index is -0.852. The average molecular weight is 146 g/mol. The Morgan fingerprint density at radius 1 is 1.60 bits per heavy atom. The first-order valence-electron chi connectivity index (χ1n) is 3.12. The van der Waals surface area contributed by atoms with E-state index in [0.29, 0.717) is 18.8 Å². The number of hydrogen-bond acceptors (Lipinski definition) is 3. The zero-order valence-corrected chi connectivity index (χ0v) is 6.46. The van der Waals surface area contributed by atoms with Gasteiger partial charge in [-0.1, -0.05) is 6.58 Å². The number of aliphatic hydroxyl groups excluding tert-OH is 1. The molecule has 0 bridgehead atoms. The maximum absolute atomic E-state index is 8.98. The highest BCUT2D eigenvalue weighted by molar-refractivity contribution is 4.91. The number of methoxy groups -OCH3 is 1. The Hall–Kier alpha value is -0.380. The predicted octanol–water partition coefficient (Wildman–Crippen LogP) is 0.544. The minimum Gasteiger partial charge on any atom is -0.382 e. The summed E-state index contributed by atoms with van der Waals surface area (Å²) in [7, 11) is 1.58. The van der Waals surface area contributed by atoms with Crippen LogP contribution in [0.2, 0.25) is 0 Å². The molecule has 0 aliphatic carbocycles. The molecule has 10 heavy (non-hydrogen) atoms. The lowest BCUT2D eigenvalue weighted by Gasteiger charge is -2.10. The van der Waals surface area contributed by atoms with Crippen LogP contribution in [0.15, 0.2) is 12.2 Å². The summed E-state index contributed by atoms with van der Waals surface area (Å²) >= 11 is 0. The topological polar surface area (TPSA) is 38.7 Å². The van der Waals surface area contributed by atoms with E-state index in [1.165, 1.54) is 0 Å². The highest BCUT2D eigenvalue weighted by Gasteiger charge is 2.01. The highest BCUT2D eigenvalue weighted by atomic mass is 16.6. The van der Waals surface area contributed by atoms with Crippen molar-refractivity contribution in [1.29, 1.82) is 0 Å². The van der Waals surface area contributed by atoms with Gasteiger partial charge in [-0.3, -0.25) is 0 Å². The summed E-state index contributed by atoms with van der Waals surface area (Å²) < 4.78 is 9.58. The lowest BCUT2D eigenvalue weighted by molar-refractivity contribution is -0.0841. The molecule has 0 aromatic carbocycles. The third-order valence-corrected chi connectivity index (χ3v) is 0.985. The Morgan fingerprint density at radius 2 is 2.20 bits per heavy atom. The zero-order chi connectivity index (χ0) is 7.98. The maximum Gasteiger partial charge on any atom is 0.176 e. The van der Waals surface area contributed by atoms with Gasteiger partial charge in [0.05, 0.1) is 13.2 Å². The summed E-state index contributed by atoms with van der Waals surface area (Å²) in [6.07, 6.45) is -0.852. The highest BCUT2D eigenvalue weighted by Crippen LogP contribution is 1.97. The first-order valence-corrected chi connectivity index (χ1v) is 3.12. The quantitative estimate of drug-likeness (QED) is 0.349. The molecular weight excluding hydrogens is 132 g/mol. The molecule has 0 aromatic heterocycles. The van der Waals surface area contributed by atoms with Gasteiger partial charge in [0.25, 0.3) is 0 Å². The van der Waals surface area contributed by atoms with Crippen LogP contribution in [0.3, 0.4) is 0 Å². The summed E-state index contributed by atoms with van der Waals surface area (Å²) in [6, 6.07) is 0. The van der Waals surface area contributed by atoms with Crippen LogP contribution in [0.5, 0.6) is 0 Å². The van der Waals surface area contributed by atoms with Gasteiger partial charge in [-0.15, -0.1) is 0 Å². The first kappa shape index (κ1) is 9.62. The smallest absolute Gasteiger partial charge is 0.176 e. The molecule has 0 amide bonds. The van der Waals surface area contributed by atoms with Crippen molar-refractivity contribution in [1.82, 2.24) is 0 Å². The van der Waals surface area contributed by atoms with Crippen molar-refractivity contribution in [2.24, 2.45) is 0 Å². The maximum atomic E-state index is 8.98. The summed E-state index contributed by atoms with van der Waals surface area (Å²) in [5, 5.41) is 8.98. The van der Waals surface area contributed by atoms with E-state index in [9.17, 15) is 0 Å². The molecule has 0 fully saturated rings. The minimum absolute atomic E-state index is 0.393. The van der Waals surface area contributed by atoms with E-state index < -0.39 is 6.29 Å².